The summed E-state index contributed by atoms with van der Waals surface area (Å²) in [5, 5.41) is 2.66. The molecule has 1 aliphatic heterocycles. The Kier molecular flexibility index (Phi) is 7.76. The van der Waals surface area contributed by atoms with Gasteiger partial charge in [0.05, 0.1) is 32.1 Å². The van der Waals surface area contributed by atoms with Gasteiger partial charge in [0.15, 0.2) is 11.5 Å². The van der Waals surface area contributed by atoms with Crippen molar-refractivity contribution in [3.63, 3.8) is 0 Å². The lowest BCUT2D eigenvalue weighted by molar-refractivity contribution is -0.140. The minimum Gasteiger partial charge on any atom is -0.493 e. The minimum absolute atomic E-state index is 0.0883. The molecule has 1 N–H and O–H groups in total. The van der Waals surface area contributed by atoms with Crippen molar-refractivity contribution >= 4 is 17.7 Å². The van der Waals surface area contributed by atoms with E-state index in [9.17, 15) is 27.2 Å². The monoisotopic (exact) mass is 498 g/mol. The van der Waals surface area contributed by atoms with Crippen LogP contribution in [-0.2, 0) is 10.9 Å². The predicted octanol–water partition coefficient (Wildman–Crippen LogP) is 5.13. The zero-order valence-electron chi connectivity index (χ0n) is 19.7. The quantitative estimate of drug-likeness (QED) is 0.559. The van der Waals surface area contributed by atoms with Gasteiger partial charge < -0.3 is 19.5 Å². The van der Waals surface area contributed by atoms with Crippen LogP contribution in [0.4, 0.5) is 28.0 Å². The van der Waals surface area contributed by atoms with E-state index in [2.05, 4.69) is 5.32 Å². The first-order chi connectivity index (χ1) is 16.5. The molecule has 0 saturated heterocycles. The van der Waals surface area contributed by atoms with E-state index in [-0.39, 0.29) is 30.7 Å². The normalized spacial score (nSPS) is 17.4. The molecule has 2 unspecified atom stereocenters. The van der Waals surface area contributed by atoms with Gasteiger partial charge in [-0.1, -0.05) is 0 Å². The predicted molar refractivity (Wildman–Crippen MR) is 120 cm³/mol. The van der Waals surface area contributed by atoms with Crippen LogP contribution >= 0.6 is 0 Å². The third-order valence-electron chi connectivity index (χ3n) is 5.81. The number of hydrogen-bond donors (Lipinski definition) is 1. The summed E-state index contributed by atoms with van der Waals surface area (Å²) in [5.41, 5.74) is -0.461. The zero-order valence-corrected chi connectivity index (χ0v) is 19.7. The second-order valence-electron chi connectivity index (χ2n) is 8.02. The lowest BCUT2D eigenvalue weighted by Crippen LogP contribution is -2.45. The van der Waals surface area contributed by atoms with Crippen LogP contribution in [0.1, 0.15) is 47.7 Å². The Hall–Kier alpha value is -3.50. The van der Waals surface area contributed by atoms with Gasteiger partial charge in [0, 0.05) is 30.1 Å². The van der Waals surface area contributed by atoms with Gasteiger partial charge in [-0.05, 0) is 50.1 Å². The number of benzene rings is 2. The summed E-state index contributed by atoms with van der Waals surface area (Å²) in [6.07, 6.45) is -4.94. The number of methoxy groups -OCH3 is 2. The first kappa shape index (κ1) is 26.1. The Labute approximate surface area is 199 Å². The van der Waals surface area contributed by atoms with E-state index in [1.807, 2.05) is 6.92 Å². The molecule has 0 aliphatic carbocycles. The van der Waals surface area contributed by atoms with Gasteiger partial charge in [0.25, 0.3) is 5.91 Å². The van der Waals surface area contributed by atoms with Crippen LogP contribution in [0.2, 0.25) is 0 Å². The maximum absolute atomic E-state index is 13.9. The molecular weight excluding hydrogens is 472 g/mol. The smallest absolute Gasteiger partial charge is 0.419 e. The molecular formula is C24H26F4N2O5. The van der Waals surface area contributed by atoms with Gasteiger partial charge >= 0.3 is 12.3 Å². The van der Waals surface area contributed by atoms with Crippen LogP contribution in [0.3, 0.4) is 0 Å². The molecule has 0 aromatic heterocycles. The summed E-state index contributed by atoms with van der Waals surface area (Å²) >= 11 is 0. The van der Waals surface area contributed by atoms with E-state index < -0.39 is 29.6 Å². The summed E-state index contributed by atoms with van der Waals surface area (Å²) in [4.78, 5) is 26.8. The highest BCUT2D eigenvalue weighted by molar-refractivity contribution is 5.94. The number of carbonyl (C=O) groups is 2. The molecule has 2 aromatic rings. The number of anilines is 1. The topological polar surface area (TPSA) is 77.1 Å². The van der Waals surface area contributed by atoms with Crippen LogP contribution < -0.4 is 19.7 Å². The second kappa shape index (κ2) is 10.4. The zero-order chi connectivity index (χ0) is 25.9. The summed E-state index contributed by atoms with van der Waals surface area (Å²) in [5.74, 6) is -1.71. The molecule has 0 bridgehead atoms. The molecule has 1 heterocycles. The Balaban J connectivity index is 1.89. The van der Waals surface area contributed by atoms with Crippen LogP contribution in [0, 0.1) is 5.82 Å². The highest BCUT2D eigenvalue weighted by Crippen LogP contribution is 2.44. The summed E-state index contributed by atoms with van der Waals surface area (Å²) < 4.78 is 68.3. The maximum Gasteiger partial charge on any atom is 0.419 e. The summed E-state index contributed by atoms with van der Waals surface area (Å²) in [7, 11) is 2.93. The fourth-order valence-electron chi connectivity index (χ4n) is 4.17. The molecule has 11 heteroatoms. The molecule has 0 saturated carbocycles. The molecule has 2 aromatic carbocycles. The van der Waals surface area contributed by atoms with Gasteiger partial charge in [0.1, 0.15) is 5.82 Å². The van der Waals surface area contributed by atoms with Crippen molar-refractivity contribution in [3.05, 3.63) is 52.8 Å². The average molecular weight is 498 g/mol. The summed E-state index contributed by atoms with van der Waals surface area (Å²) in [6, 6.07) is 5.09. The number of alkyl halides is 3. The molecule has 35 heavy (non-hydrogen) atoms. The molecule has 190 valence electrons. The van der Waals surface area contributed by atoms with Crippen LogP contribution in [0.15, 0.2) is 30.3 Å². The molecule has 0 radical (unpaired) electrons. The molecule has 2 atom stereocenters. The van der Waals surface area contributed by atoms with E-state index in [0.29, 0.717) is 41.3 Å². The lowest BCUT2D eigenvalue weighted by atomic mass is 9.85. The van der Waals surface area contributed by atoms with Crippen molar-refractivity contribution in [2.45, 2.75) is 38.4 Å². The first-order valence-electron chi connectivity index (χ1n) is 10.9. The minimum atomic E-state index is -4.86. The highest BCUT2D eigenvalue weighted by Gasteiger charge is 2.37. The first-order valence-corrected chi connectivity index (χ1v) is 10.9. The van der Waals surface area contributed by atoms with E-state index in [1.165, 1.54) is 19.1 Å². The molecule has 0 fully saturated rings. The Morgan fingerprint density at radius 1 is 1.11 bits per heavy atom. The van der Waals surface area contributed by atoms with Crippen LogP contribution in [-0.4, -0.2) is 45.4 Å². The summed E-state index contributed by atoms with van der Waals surface area (Å²) in [6.45, 7) is 3.81. The van der Waals surface area contributed by atoms with Gasteiger partial charge in [-0.3, -0.25) is 9.69 Å². The van der Waals surface area contributed by atoms with Crippen LogP contribution in [0.5, 0.6) is 11.5 Å². The third kappa shape index (κ3) is 5.44. The van der Waals surface area contributed by atoms with Gasteiger partial charge in [-0.25, -0.2) is 9.18 Å². The van der Waals surface area contributed by atoms with Crippen LogP contribution in [0.25, 0.3) is 0 Å². The van der Waals surface area contributed by atoms with E-state index in [0.717, 1.165) is 6.07 Å². The van der Waals surface area contributed by atoms with E-state index in [1.54, 1.807) is 19.1 Å². The SMILES string of the molecule is CCOC(=O)N1c2cc(OC)c(OC)cc2C(CNC(=O)c2ccc(C(F)(F)F)c(F)c2)CC1C. The number of nitrogens with zero attached hydrogens (tertiary/aromatic N) is 1. The standard InChI is InChI=1S/C24H26F4N2O5/c1-5-35-23(32)30-13(2)8-15(16-10-20(33-3)21(34-4)11-19(16)30)12-29-22(31)14-6-7-17(18(25)9-14)24(26,27)28/h6-7,9-11,13,15H,5,8,12H2,1-4H3,(H,29,31). The number of nitrogens with one attached hydrogen (secondary N) is 1. The van der Waals surface area contributed by atoms with Crippen molar-refractivity contribution in [1.82, 2.24) is 5.32 Å². The van der Waals surface area contributed by atoms with Crippen molar-refractivity contribution in [1.29, 1.82) is 0 Å². The molecule has 0 spiro atoms. The number of ether oxygens (including phenoxy) is 3. The van der Waals surface area contributed by atoms with E-state index in [4.69, 9.17) is 14.2 Å². The fraction of sp³-hybridized carbons (Fsp3) is 0.417. The fourth-order valence-corrected chi connectivity index (χ4v) is 4.17. The van der Waals surface area contributed by atoms with Gasteiger partial charge in [-0.2, -0.15) is 13.2 Å². The third-order valence-corrected chi connectivity index (χ3v) is 5.81. The number of rotatable bonds is 6. The van der Waals surface area contributed by atoms with Crippen molar-refractivity contribution in [3.8, 4) is 11.5 Å². The largest absolute Gasteiger partial charge is 0.493 e. The number of fused-ring (bicyclic) bond motifs is 1. The van der Waals surface area contributed by atoms with Crippen molar-refractivity contribution in [2.75, 3.05) is 32.3 Å². The van der Waals surface area contributed by atoms with Gasteiger partial charge in [0.2, 0.25) is 0 Å². The highest BCUT2D eigenvalue weighted by atomic mass is 19.4. The average Bonchev–Trinajstić information content (AvgIpc) is 2.80. The molecule has 7 nitrogen and oxygen atoms in total. The second-order valence-corrected chi connectivity index (χ2v) is 8.02. The Bertz CT molecular complexity index is 1110. The number of amides is 2. The molecule has 3 rings (SSSR count). The van der Waals surface area contributed by atoms with E-state index >= 15 is 0 Å². The number of hydrogen-bond acceptors (Lipinski definition) is 5. The molecule has 2 amide bonds. The lowest BCUT2D eigenvalue weighted by Gasteiger charge is -2.39. The van der Waals surface area contributed by atoms with Crippen molar-refractivity contribution in [2.24, 2.45) is 0 Å². The number of halogens is 4. The maximum atomic E-state index is 13.9. The number of carbonyl (C=O) groups excluding carboxylic acids is 2. The molecule has 1 aliphatic rings. The Morgan fingerprint density at radius 2 is 1.77 bits per heavy atom. The Morgan fingerprint density at radius 3 is 2.34 bits per heavy atom. The van der Waals surface area contributed by atoms with Crippen molar-refractivity contribution < 1.29 is 41.4 Å². The van der Waals surface area contributed by atoms with Gasteiger partial charge in [-0.15, -0.1) is 0 Å².